The number of carbonyl (C=O) groups is 1. The van der Waals surface area contributed by atoms with Crippen molar-refractivity contribution in [2.45, 2.75) is 0 Å². The molecule has 120 valence electrons. The molecule has 0 aliphatic rings. The molecular formula is C16H14ClIN2O3. The molecular weight excluding hydrogens is 431 g/mol. The van der Waals surface area contributed by atoms with Crippen LogP contribution in [-0.4, -0.2) is 25.9 Å². The van der Waals surface area contributed by atoms with Crippen molar-refractivity contribution in [3.63, 3.8) is 0 Å². The number of esters is 1. The molecule has 0 spiro atoms. The summed E-state index contributed by atoms with van der Waals surface area (Å²) in [5.74, 6) is 0.156. The van der Waals surface area contributed by atoms with Crippen LogP contribution in [0.5, 0.6) is 5.75 Å². The first kappa shape index (κ1) is 17.6. The number of ether oxygens (including phenoxy) is 2. The minimum Gasteiger partial charge on any atom is -0.497 e. The Labute approximate surface area is 152 Å². The third kappa shape index (κ3) is 4.59. The van der Waals surface area contributed by atoms with Crippen molar-refractivity contribution in [2.75, 3.05) is 19.6 Å². The van der Waals surface area contributed by atoms with E-state index in [9.17, 15) is 4.79 Å². The zero-order chi connectivity index (χ0) is 16.8. The summed E-state index contributed by atoms with van der Waals surface area (Å²) in [4.78, 5) is 12.0. The molecule has 2 rings (SSSR count). The first-order valence-electron chi connectivity index (χ1n) is 6.56. The molecule has 5 nitrogen and oxygen atoms in total. The van der Waals surface area contributed by atoms with Gasteiger partial charge in [-0.2, -0.15) is 5.10 Å². The van der Waals surface area contributed by atoms with E-state index in [4.69, 9.17) is 21.1 Å². The number of rotatable bonds is 5. The standard InChI is InChI=1S/C16H14ClIN2O3/c1-22-12-6-4-11(5-7-12)19-20-15(16(21)23-2)13-9-10(18)3-8-14(13)17/h3-9,19H,1-2H3/b20-15-. The highest BCUT2D eigenvalue weighted by molar-refractivity contribution is 14.1. The van der Waals surface area contributed by atoms with Gasteiger partial charge in [-0.15, -0.1) is 0 Å². The van der Waals surface area contributed by atoms with Gasteiger partial charge in [-0.3, -0.25) is 5.43 Å². The van der Waals surface area contributed by atoms with Gasteiger partial charge < -0.3 is 9.47 Å². The van der Waals surface area contributed by atoms with Gasteiger partial charge in [0, 0.05) is 9.13 Å². The second-order valence-corrected chi connectivity index (χ2v) is 6.07. The largest absolute Gasteiger partial charge is 0.497 e. The lowest BCUT2D eigenvalue weighted by molar-refractivity contribution is -0.132. The van der Waals surface area contributed by atoms with Crippen LogP contribution < -0.4 is 10.2 Å². The molecule has 7 heteroatoms. The summed E-state index contributed by atoms with van der Waals surface area (Å²) in [6, 6.07) is 12.5. The van der Waals surface area contributed by atoms with E-state index in [1.807, 2.05) is 6.07 Å². The number of carbonyl (C=O) groups excluding carboxylic acids is 1. The van der Waals surface area contributed by atoms with E-state index in [0.29, 0.717) is 16.3 Å². The number of anilines is 1. The van der Waals surface area contributed by atoms with Gasteiger partial charge in [-0.25, -0.2) is 4.79 Å². The molecule has 0 amide bonds. The third-order valence-electron chi connectivity index (χ3n) is 2.95. The molecule has 0 atom stereocenters. The van der Waals surface area contributed by atoms with E-state index in [-0.39, 0.29) is 5.71 Å². The summed E-state index contributed by atoms with van der Waals surface area (Å²) < 4.78 is 10.8. The minimum atomic E-state index is -0.574. The van der Waals surface area contributed by atoms with Crippen molar-refractivity contribution >= 4 is 51.6 Å². The lowest BCUT2D eigenvalue weighted by atomic mass is 10.1. The Morgan fingerprint density at radius 1 is 1.17 bits per heavy atom. The average molecular weight is 445 g/mol. The van der Waals surface area contributed by atoms with Gasteiger partial charge in [0.2, 0.25) is 0 Å². The molecule has 0 aromatic heterocycles. The van der Waals surface area contributed by atoms with E-state index < -0.39 is 5.97 Å². The number of nitrogens with one attached hydrogen (secondary N) is 1. The van der Waals surface area contributed by atoms with Crippen LogP contribution in [0.25, 0.3) is 0 Å². The topological polar surface area (TPSA) is 59.9 Å². The maximum Gasteiger partial charge on any atom is 0.359 e. The molecule has 1 N–H and O–H groups in total. The fraction of sp³-hybridized carbons (Fsp3) is 0.125. The van der Waals surface area contributed by atoms with Gasteiger partial charge in [0.25, 0.3) is 0 Å². The Morgan fingerprint density at radius 3 is 2.48 bits per heavy atom. The molecule has 23 heavy (non-hydrogen) atoms. The minimum absolute atomic E-state index is 0.104. The summed E-state index contributed by atoms with van der Waals surface area (Å²) in [6.07, 6.45) is 0. The van der Waals surface area contributed by atoms with Crippen molar-refractivity contribution in [1.82, 2.24) is 0 Å². The third-order valence-corrected chi connectivity index (χ3v) is 3.95. The van der Waals surface area contributed by atoms with Crippen LogP contribution in [0.3, 0.4) is 0 Å². The maximum atomic E-state index is 12.0. The predicted molar refractivity (Wildman–Crippen MR) is 99.3 cm³/mol. The van der Waals surface area contributed by atoms with E-state index in [0.717, 1.165) is 9.32 Å². The number of hydrazone groups is 1. The number of methoxy groups -OCH3 is 2. The SMILES string of the molecule is COC(=O)/C(=N\Nc1ccc(OC)cc1)c1cc(I)ccc1Cl. The first-order valence-corrected chi connectivity index (χ1v) is 8.02. The molecule has 0 heterocycles. The van der Waals surface area contributed by atoms with Crippen LogP contribution in [0.2, 0.25) is 5.02 Å². The summed E-state index contributed by atoms with van der Waals surface area (Å²) in [6.45, 7) is 0. The summed E-state index contributed by atoms with van der Waals surface area (Å²) in [5, 5.41) is 4.58. The van der Waals surface area contributed by atoms with Gasteiger partial charge in [0.05, 0.1) is 24.9 Å². The van der Waals surface area contributed by atoms with Crippen molar-refractivity contribution in [1.29, 1.82) is 0 Å². The second kappa shape index (κ2) is 8.16. The smallest absolute Gasteiger partial charge is 0.359 e. The van der Waals surface area contributed by atoms with E-state index in [2.05, 4.69) is 33.1 Å². The van der Waals surface area contributed by atoms with Crippen molar-refractivity contribution in [3.05, 3.63) is 56.6 Å². The monoisotopic (exact) mass is 444 g/mol. The summed E-state index contributed by atoms with van der Waals surface area (Å²) in [5.41, 5.74) is 4.14. The quantitative estimate of drug-likeness (QED) is 0.328. The lowest BCUT2D eigenvalue weighted by Gasteiger charge is -2.09. The zero-order valence-electron chi connectivity index (χ0n) is 12.5. The fourth-order valence-electron chi connectivity index (χ4n) is 1.78. The van der Waals surface area contributed by atoms with Gasteiger partial charge in [0.15, 0.2) is 5.71 Å². The van der Waals surface area contributed by atoms with E-state index in [1.54, 1.807) is 43.5 Å². The van der Waals surface area contributed by atoms with Gasteiger partial charge >= 0.3 is 5.97 Å². The zero-order valence-corrected chi connectivity index (χ0v) is 15.4. The Kier molecular flexibility index (Phi) is 6.23. The number of halogens is 2. The van der Waals surface area contributed by atoms with Crippen molar-refractivity contribution in [2.24, 2.45) is 5.10 Å². The number of hydrogen-bond acceptors (Lipinski definition) is 5. The van der Waals surface area contributed by atoms with E-state index in [1.165, 1.54) is 7.11 Å². The molecule has 0 saturated heterocycles. The molecule has 0 aliphatic carbocycles. The van der Waals surface area contributed by atoms with Crippen molar-refractivity contribution < 1.29 is 14.3 Å². The Balaban J connectivity index is 2.34. The fourth-order valence-corrected chi connectivity index (χ4v) is 2.48. The molecule has 0 radical (unpaired) electrons. The molecule has 0 bridgehead atoms. The molecule has 2 aromatic carbocycles. The maximum absolute atomic E-state index is 12.0. The van der Waals surface area contributed by atoms with Crippen LogP contribution in [0.1, 0.15) is 5.56 Å². The average Bonchev–Trinajstić information content (AvgIpc) is 2.58. The lowest BCUT2D eigenvalue weighted by Crippen LogP contribution is -2.19. The van der Waals surface area contributed by atoms with Gasteiger partial charge in [-0.1, -0.05) is 11.6 Å². The second-order valence-electron chi connectivity index (χ2n) is 4.42. The highest BCUT2D eigenvalue weighted by Gasteiger charge is 2.18. The number of nitrogens with zero attached hydrogens (tertiary/aromatic N) is 1. The van der Waals surface area contributed by atoms with Crippen molar-refractivity contribution in [3.8, 4) is 5.75 Å². The van der Waals surface area contributed by atoms with Gasteiger partial charge in [0.1, 0.15) is 5.75 Å². The summed E-state index contributed by atoms with van der Waals surface area (Å²) in [7, 11) is 2.89. The van der Waals surface area contributed by atoms with Crippen LogP contribution >= 0.6 is 34.2 Å². The Morgan fingerprint density at radius 2 is 1.87 bits per heavy atom. The number of benzene rings is 2. The predicted octanol–water partition coefficient (Wildman–Crippen LogP) is 3.94. The molecule has 0 unspecified atom stereocenters. The Bertz CT molecular complexity index is 733. The van der Waals surface area contributed by atoms with Crippen LogP contribution in [-0.2, 0) is 9.53 Å². The van der Waals surface area contributed by atoms with Gasteiger partial charge in [-0.05, 0) is 65.1 Å². The highest BCUT2D eigenvalue weighted by atomic mass is 127. The van der Waals surface area contributed by atoms with E-state index >= 15 is 0 Å². The summed E-state index contributed by atoms with van der Waals surface area (Å²) >= 11 is 8.32. The molecule has 0 fully saturated rings. The highest BCUT2D eigenvalue weighted by Crippen LogP contribution is 2.21. The Hall–Kier alpha value is -1.80. The number of hydrogen-bond donors (Lipinski definition) is 1. The normalized spacial score (nSPS) is 11.0. The van der Waals surface area contributed by atoms with Crippen LogP contribution in [0.15, 0.2) is 47.6 Å². The molecule has 0 saturated carbocycles. The van der Waals surface area contributed by atoms with Crippen LogP contribution in [0, 0.1) is 3.57 Å². The first-order chi connectivity index (χ1) is 11.0. The molecule has 2 aromatic rings. The van der Waals surface area contributed by atoms with Crippen LogP contribution in [0.4, 0.5) is 5.69 Å². The molecule has 0 aliphatic heterocycles.